The Morgan fingerprint density at radius 3 is 2.80 bits per heavy atom. The third kappa shape index (κ3) is 4.92. The molecule has 2 fully saturated rings. The average molecular weight is 542 g/mol. The van der Waals surface area contributed by atoms with Crippen molar-refractivity contribution in [3.05, 3.63) is 47.8 Å². The van der Waals surface area contributed by atoms with Crippen LogP contribution in [0.2, 0.25) is 0 Å². The molecule has 208 valence electrons. The van der Waals surface area contributed by atoms with Gasteiger partial charge in [-0.2, -0.15) is 5.10 Å². The molecule has 7 rings (SSSR count). The third-order valence-corrected chi connectivity index (χ3v) is 7.98. The maximum absolute atomic E-state index is 13.7. The Hall–Kier alpha value is -3.92. The Balaban J connectivity index is 1.26. The zero-order chi connectivity index (χ0) is 27.2. The van der Waals surface area contributed by atoms with E-state index in [2.05, 4.69) is 45.4 Å². The van der Waals surface area contributed by atoms with Gasteiger partial charge in [0, 0.05) is 30.1 Å². The highest BCUT2D eigenvalue weighted by Crippen LogP contribution is 2.41. The van der Waals surface area contributed by atoms with Gasteiger partial charge in [-0.1, -0.05) is 6.92 Å². The number of imidazole rings is 1. The highest BCUT2D eigenvalue weighted by molar-refractivity contribution is 6.05. The molecule has 2 unspecified atom stereocenters. The van der Waals surface area contributed by atoms with E-state index in [1.807, 2.05) is 29.9 Å². The first-order valence-electron chi connectivity index (χ1n) is 14.4. The summed E-state index contributed by atoms with van der Waals surface area (Å²) < 4.78 is 16.0. The molecule has 1 aliphatic carbocycles. The van der Waals surface area contributed by atoms with E-state index < -0.39 is 0 Å². The molecule has 1 saturated heterocycles. The smallest absolute Gasteiger partial charge is 0.258 e. The zero-order valence-corrected chi connectivity index (χ0v) is 23.0. The van der Waals surface area contributed by atoms with Crippen molar-refractivity contribution in [3.63, 3.8) is 0 Å². The Kier molecular flexibility index (Phi) is 6.42. The number of rotatable bonds is 3. The first kappa shape index (κ1) is 25.1. The minimum atomic E-state index is -0.218. The van der Waals surface area contributed by atoms with Crippen LogP contribution in [0.25, 0.3) is 22.3 Å². The molecule has 10 heteroatoms. The van der Waals surface area contributed by atoms with Crippen molar-refractivity contribution in [2.45, 2.75) is 64.6 Å². The molecule has 5 heterocycles. The topological polar surface area (TPSA) is 108 Å². The molecule has 10 nitrogen and oxygen atoms in total. The van der Waals surface area contributed by atoms with Crippen molar-refractivity contribution < 1.29 is 14.3 Å². The van der Waals surface area contributed by atoms with Crippen LogP contribution in [-0.2, 0) is 11.3 Å². The van der Waals surface area contributed by atoms with Crippen molar-refractivity contribution in [3.8, 4) is 17.1 Å². The normalized spacial score (nSPS) is 21.6. The van der Waals surface area contributed by atoms with Crippen molar-refractivity contribution in [2.75, 3.05) is 30.5 Å². The van der Waals surface area contributed by atoms with E-state index in [1.165, 1.54) is 0 Å². The summed E-state index contributed by atoms with van der Waals surface area (Å²) in [6, 6.07) is 10.6. The lowest BCUT2D eigenvalue weighted by Crippen LogP contribution is -2.18. The summed E-state index contributed by atoms with van der Waals surface area (Å²) in [4.78, 5) is 23.3. The van der Waals surface area contributed by atoms with Gasteiger partial charge in [-0.3, -0.25) is 15.1 Å². The predicted octanol–water partition coefficient (Wildman–Crippen LogP) is 5.20. The van der Waals surface area contributed by atoms with Gasteiger partial charge in [-0.05, 0) is 75.3 Å². The molecule has 0 spiro atoms. The first-order chi connectivity index (χ1) is 19.5. The van der Waals surface area contributed by atoms with E-state index in [0.29, 0.717) is 48.4 Å². The highest BCUT2D eigenvalue weighted by atomic mass is 16.5. The molecule has 2 aliphatic heterocycles. The number of aromatic nitrogens is 5. The van der Waals surface area contributed by atoms with Gasteiger partial charge in [0.05, 0.1) is 53.8 Å². The van der Waals surface area contributed by atoms with E-state index in [1.54, 1.807) is 0 Å². The summed E-state index contributed by atoms with van der Waals surface area (Å²) in [5.74, 6) is 1.44. The van der Waals surface area contributed by atoms with Gasteiger partial charge in [-0.25, -0.2) is 9.67 Å². The number of hydrogen-bond acceptors (Lipinski definition) is 7. The second-order valence-corrected chi connectivity index (χ2v) is 11.4. The molecule has 0 radical (unpaired) electrons. The summed E-state index contributed by atoms with van der Waals surface area (Å²) in [7, 11) is 0. The number of anilines is 2. The Morgan fingerprint density at radius 1 is 1.07 bits per heavy atom. The lowest BCUT2D eigenvalue weighted by atomic mass is 10.1. The molecular weight excluding hydrogens is 506 g/mol. The van der Waals surface area contributed by atoms with Crippen LogP contribution in [0.3, 0.4) is 0 Å². The predicted molar refractivity (Wildman–Crippen MR) is 153 cm³/mol. The third-order valence-electron chi connectivity index (χ3n) is 7.98. The number of nitrogens with zero attached hydrogens (tertiary/aromatic N) is 5. The molecule has 1 aromatic carbocycles. The molecule has 2 bridgehead atoms. The highest BCUT2D eigenvalue weighted by Gasteiger charge is 2.30. The summed E-state index contributed by atoms with van der Waals surface area (Å²) in [5.41, 5.74) is 5.65. The molecule has 2 atom stereocenters. The van der Waals surface area contributed by atoms with Gasteiger partial charge in [0.1, 0.15) is 0 Å². The molecule has 3 aliphatic rings. The van der Waals surface area contributed by atoms with Crippen LogP contribution in [0.15, 0.2) is 36.5 Å². The fourth-order valence-electron chi connectivity index (χ4n) is 5.75. The van der Waals surface area contributed by atoms with Crippen molar-refractivity contribution >= 4 is 28.6 Å². The number of nitrogens with one attached hydrogen (secondary N) is 2. The molecule has 4 aromatic rings. The second kappa shape index (κ2) is 10.2. The summed E-state index contributed by atoms with van der Waals surface area (Å²) in [5, 5.41) is 11.3. The fraction of sp³-hybridized carbons (Fsp3) is 0.467. The van der Waals surface area contributed by atoms with Crippen LogP contribution in [0, 0.1) is 12.8 Å². The quantitative estimate of drug-likeness (QED) is 0.367. The van der Waals surface area contributed by atoms with Gasteiger partial charge in [0.25, 0.3) is 5.91 Å². The minimum Gasteiger partial charge on any atom is -0.477 e. The van der Waals surface area contributed by atoms with Crippen LogP contribution in [0.5, 0.6) is 5.88 Å². The zero-order valence-electron chi connectivity index (χ0n) is 23.0. The summed E-state index contributed by atoms with van der Waals surface area (Å²) in [6.07, 6.45) is 6.91. The maximum atomic E-state index is 13.7. The van der Waals surface area contributed by atoms with Crippen molar-refractivity contribution in [2.24, 2.45) is 5.92 Å². The fourth-order valence-corrected chi connectivity index (χ4v) is 5.75. The number of fused-ring (bicyclic) bond motifs is 7. The van der Waals surface area contributed by atoms with Crippen molar-refractivity contribution in [1.82, 2.24) is 24.3 Å². The van der Waals surface area contributed by atoms with Gasteiger partial charge in [0.2, 0.25) is 11.8 Å². The van der Waals surface area contributed by atoms with Crippen LogP contribution >= 0.6 is 0 Å². The maximum Gasteiger partial charge on any atom is 0.258 e. The average Bonchev–Trinajstić information content (AvgIpc) is 3.33. The molecule has 40 heavy (non-hydrogen) atoms. The largest absolute Gasteiger partial charge is 0.477 e. The van der Waals surface area contributed by atoms with Crippen molar-refractivity contribution in [1.29, 1.82) is 0 Å². The van der Waals surface area contributed by atoms with E-state index in [9.17, 15) is 4.79 Å². The van der Waals surface area contributed by atoms with E-state index in [0.717, 1.165) is 79.1 Å². The minimum absolute atomic E-state index is 0.218. The summed E-state index contributed by atoms with van der Waals surface area (Å²) >= 11 is 0. The van der Waals surface area contributed by atoms with Crippen LogP contribution in [0.4, 0.5) is 11.6 Å². The van der Waals surface area contributed by atoms with Crippen LogP contribution < -0.4 is 15.4 Å². The lowest BCUT2D eigenvalue weighted by molar-refractivity contribution is 0.102. The molecule has 1 amide bonds. The van der Waals surface area contributed by atoms with E-state index in [4.69, 9.17) is 19.4 Å². The monoisotopic (exact) mass is 541 g/mol. The van der Waals surface area contributed by atoms with Gasteiger partial charge in [0.15, 0.2) is 0 Å². The molecule has 3 aromatic heterocycles. The number of amides is 1. The number of ether oxygens (including phenoxy) is 2. The molecule has 2 N–H and O–H groups in total. The number of aryl methyl sites for hydroxylation is 1. The number of pyridine rings is 1. The molecular formula is C30H35N7O3. The van der Waals surface area contributed by atoms with Crippen LogP contribution in [-0.4, -0.2) is 56.1 Å². The number of hydrogen-bond donors (Lipinski definition) is 2. The SMILES string of the molecule is Cc1cc2cc(n1)-c1cnn(C3CC3)c1OCCCC(C)Cn1c(nc3cc(NC4CCOC4)ccc31)NC2=O. The lowest BCUT2D eigenvalue weighted by Gasteiger charge is -2.16. The standard InChI is InChI=1S/C30H35N7O3/c1-18-4-3-10-40-29-24(15-31-37(29)23-6-7-23)25-13-20(12-19(2)32-25)28(38)35-30-34-26-14-21(33-22-9-11-39-17-22)5-8-27(26)36(30)16-18/h5,8,12-15,18,22-23,33H,3-4,6-7,9-11,16-17H2,1-2H3,(H,34,35,38). The second-order valence-electron chi connectivity index (χ2n) is 11.4. The molecule has 1 saturated carbocycles. The number of benzene rings is 1. The van der Waals surface area contributed by atoms with Crippen LogP contribution in [0.1, 0.15) is 61.1 Å². The van der Waals surface area contributed by atoms with Gasteiger partial charge in [-0.15, -0.1) is 0 Å². The number of carbonyl (C=O) groups is 1. The van der Waals surface area contributed by atoms with Gasteiger partial charge >= 0.3 is 0 Å². The van der Waals surface area contributed by atoms with Gasteiger partial charge < -0.3 is 19.4 Å². The van der Waals surface area contributed by atoms with E-state index in [-0.39, 0.29) is 5.91 Å². The number of carbonyl (C=O) groups excluding carboxylic acids is 1. The Morgan fingerprint density at radius 2 is 1.98 bits per heavy atom. The Labute approximate surface area is 233 Å². The first-order valence-corrected chi connectivity index (χ1v) is 14.4. The van der Waals surface area contributed by atoms with E-state index >= 15 is 0 Å². The Bertz CT molecular complexity index is 1570. The summed E-state index contributed by atoms with van der Waals surface area (Å²) in [6.45, 7) is 6.98.